The van der Waals surface area contributed by atoms with Crippen molar-refractivity contribution >= 4 is 28.9 Å². The summed E-state index contributed by atoms with van der Waals surface area (Å²) in [4.78, 5) is 7.70. The van der Waals surface area contributed by atoms with E-state index in [1.807, 2.05) is 0 Å². The fourth-order valence-electron chi connectivity index (χ4n) is 1.63. The molecule has 2 aromatic rings. The van der Waals surface area contributed by atoms with Crippen LogP contribution in [0.4, 0.5) is 10.1 Å². The van der Waals surface area contributed by atoms with Crippen LogP contribution in [0, 0.1) is 5.82 Å². The summed E-state index contributed by atoms with van der Waals surface area (Å²) in [6.07, 6.45) is 2.12. The first-order valence-corrected chi connectivity index (χ1v) is 6.60. The van der Waals surface area contributed by atoms with Gasteiger partial charge in [0.2, 0.25) is 5.28 Å². The molecule has 0 aliphatic rings. The molecule has 0 spiro atoms. The number of nitrogens with one attached hydrogen (secondary N) is 1. The number of nitrogens with zero attached hydrogens (tertiary/aromatic N) is 2. The highest BCUT2D eigenvalue weighted by molar-refractivity contribution is 6.32. The monoisotopic (exact) mass is 315 g/mol. The molecule has 2 rings (SSSR count). The predicted octanol–water partition coefficient (Wildman–Crippen LogP) is 3.59. The predicted molar refractivity (Wildman–Crippen MR) is 77.2 cm³/mol. The molecule has 0 amide bonds. The summed E-state index contributed by atoms with van der Waals surface area (Å²) in [6, 6.07) is 4.62. The maximum Gasteiger partial charge on any atom is 0.223 e. The summed E-state index contributed by atoms with van der Waals surface area (Å²) in [5, 5.41) is 3.39. The van der Waals surface area contributed by atoms with Crippen molar-refractivity contribution in [3.8, 4) is 5.75 Å². The molecular formula is C13H12Cl2FN3O. The maximum absolute atomic E-state index is 13.7. The molecule has 4 nitrogen and oxygen atoms in total. The fourth-order valence-corrected chi connectivity index (χ4v) is 2.03. The Morgan fingerprint density at radius 2 is 2.15 bits per heavy atom. The second kappa shape index (κ2) is 6.72. The molecule has 106 valence electrons. The smallest absolute Gasteiger partial charge is 0.223 e. The molecule has 20 heavy (non-hydrogen) atoms. The molecule has 0 atom stereocenters. The first kappa shape index (κ1) is 14.8. The van der Waals surface area contributed by atoms with Gasteiger partial charge in [0.15, 0.2) is 0 Å². The summed E-state index contributed by atoms with van der Waals surface area (Å²) in [5.74, 6) is 0.102. The van der Waals surface area contributed by atoms with E-state index in [0.29, 0.717) is 29.6 Å². The van der Waals surface area contributed by atoms with Crippen molar-refractivity contribution in [3.63, 3.8) is 0 Å². The number of hydrogen-bond donors (Lipinski definition) is 1. The molecule has 0 fully saturated rings. The van der Waals surface area contributed by atoms with Gasteiger partial charge in [0.1, 0.15) is 16.7 Å². The second-order valence-corrected chi connectivity index (χ2v) is 4.67. The van der Waals surface area contributed by atoms with Crippen molar-refractivity contribution in [3.05, 3.63) is 46.2 Å². The van der Waals surface area contributed by atoms with Crippen molar-refractivity contribution in [2.75, 3.05) is 19.0 Å². The van der Waals surface area contributed by atoms with Crippen LogP contribution in [0.15, 0.2) is 24.4 Å². The Hall–Kier alpha value is -1.59. The van der Waals surface area contributed by atoms with Crippen LogP contribution in [-0.2, 0) is 6.42 Å². The van der Waals surface area contributed by atoms with Crippen LogP contribution in [-0.4, -0.2) is 23.6 Å². The molecular weight excluding hydrogens is 304 g/mol. The van der Waals surface area contributed by atoms with E-state index in [1.165, 1.54) is 13.2 Å². The van der Waals surface area contributed by atoms with Gasteiger partial charge < -0.3 is 10.1 Å². The zero-order valence-electron chi connectivity index (χ0n) is 10.7. The lowest BCUT2D eigenvalue weighted by Crippen LogP contribution is -2.07. The minimum atomic E-state index is -0.372. The van der Waals surface area contributed by atoms with Gasteiger partial charge in [-0.25, -0.2) is 14.4 Å². The Kier molecular flexibility index (Phi) is 4.98. The lowest BCUT2D eigenvalue weighted by atomic mass is 10.2. The van der Waals surface area contributed by atoms with E-state index in [4.69, 9.17) is 27.9 Å². The molecule has 0 bridgehead atoms. The molecule has 1 aromatic carbocycles. The van der Waals surface area contributed by atoms with Crippen molar-refractivity contribution < 1.29 is 9.13 Å². The highest BCUT2D eigenvalue weighted by Gasteiger charge is 2.06. The van der Waals surface area contributed by atoms with Gasteiger partial charge in [-0.15, -0.1) is 0 Å². The zero-order chi connectivity index (χ0) is 14.5. The Morgan fingerprint density at radius 3 is 2.80 bits per heavy atom. The van der Waals surface area contributed by atoms with E-state index < -0.39 is 0 Å². The third kappa shape index (κ3) is 3.71. The molecule has 7 heteroatoms. The molecule has 0 aliphatic heterocycles. The third-order valence-electron chi connectivity index (χ3n) is 2.67. The molecule has 0 radical (unpaired) electrons. The number of hydrogen-bond acceptors (Lipinski definition) is 4. The Balaban J connectivity index is 1.96. The number of aromatic nitrogens is 2. The Morgan fingerprint density at radius 1 is 1.35 bits per heavy atom. The number of benzene rings is 1. The topological polar surface area (TPSA) is 47.0 Å². The number of methoxy groups -OCH3 is 1. The first-order chi connectivity index (χ1) is 9.60. The number of rotatable bonds is 5. The number of anilines is 1. The summed E-state index contributed by atoms with van der Waals surface area (Å²) < 4.78 is 18.6. The van der Waals surface area contributed by atoms with Crippen LogP contribution in [0.1, 0.15) is 5.56 Å². The number of ether oxygens (including phenoxy) is 1. The van der Waals surface area contributed by atoms with Gasteiger partial charge in [-0.1, -0.05) is 11.6 Å². The van der Waals surface area contributed by atoms with Crippen LogP contribution in [0.5, 0.6) is 5.75 Å². The average molecular weight is 316 g/mol. The average Bonchev–Trinajstić information content (AvgIpc) is 2.42. The van der Waals surface area contributed by atoms with Gasteiger partial charge >= 0.3 is 0 Å². The van der Waals surface area contributed by atoms with Crippen LogP contribution in [0.2, 0.25) is 10.4 Å². The standard InChI is InChI=1S/C13H12Cl2FN3O/c1-20-9-2-3-11(10(16)6-9)17-5-4-8-7-18-13(15)19-12(8)14/h2-3,6-7,17H,4-5H2,1H3. The van der Waals surface area contributed by atoms with Crippen molar-refractivity contribution in [2.45, 2.75) is 6.42 Å². The molecule has 1 heterocycles. The van der Waals surface area contributed by atoms with Gasteiger partial charge in [-0.05, 0) is 30.2 Å². The van der Waals surface area contributed by atoms with Gasteiger partial charge in [0, 0.05) is 24.4 Å². The summed E-state index contributed by atoms with van der Waals surface area (Å²) in [6.45, 7) is 0.494. The Bertz CT molecular complexity index is 610. The normalized spacial score (nSPS) is 10.4. The van der Waals surface area contributed by atoms with Crippen LogP contribution >= 0.6 is 23.2 Å². The summed E-state index contributed by atoms with van der Waals surface area (Å²) >= 11 is 11.5. The molecule has 1 aromatic heterocycles. The van der Waals surface area contributed by atoms with E-state index >= 15 is 0 Å². The van der Waals surface area contributed by atoms with Crippen molar-refractivity contribution in [2.24, 2.45) is 0 Å². The first-order valence-electron chi connectivity index (χ1n) is 5.84. The number of halogens is 3. The molecule has 0 saturated carbocycles. The van der Waals surface area contributed by atoms with E-state index in [-0.39, 0.29) is 11.1 Å². The highest BCUT2D eigenvalue weighted by Crippen LogP contribution is 2.20. The van der Waals surface area contributed by atoms with Crippen molar-refractivity contribution in [1.82, 2.24) is 9.97 Å². The van der Waals surface area contributed by atoms with Crippen molar-refractivity contribution in [1.29, 1.82) is 0 Å². The lowest BCUT2D eigenvalue weighted by Gasteiger charge is -2.09. The summed E-state index contributed by atoms with van der Waals surface area (Å²) in [7, 11) is 1.49. The highest BCUT2D eigenvalue weighted by atomic mass is 35.5. The van der Waals surface area contributed by atoms with E-state index in [2.05, 4.69) is 15.3 Å². The lowest BCUT2D eigenvalue weighted by molar-refractivity contribution is 0.411. The van der Waals surface area contributed by atoms with Crippen LogP contribution in [0.25, 0.3) is 0 Å². The van der Waals surface area contributed by atoms with E-state index in [1.54, 1.807) is 18.3 Å². The Labute approximate surface area is 125 Å². The minimum absolute atomic E-state index is 0.105. The van der Waals surface area contributed by atoms with Crippen LogP contribution < -0.4 is 10.1 Å². The molecule has 0 aliphatic carbocycles. The van der Waals surface area contributed by atoms with E-state index in [9.17, 15) is 4.39 Å². The molecule has 1 N–H and O–H groups in total. The van der Waals surface area contributed by atoms with E-state index in [0.717, 1.165) is 5.56 Å². The second-order valence-electron chi connectivity index (χ2n) is 3.98. The molecule has 0 saturated heterocycles. The van der Waals surface area contributed by atoms with Crippen LogP contribution in [0.3, 0.4) is 0 Å². The zero-order valence-corrected chi connectivity index (χ0v) is 12.2. The van der Waals surface area contributed by atoms with Gasteiger partial charge in [0.25, 0.3) is 0 Å². The molecule has 0 unspecified atom stereocenters. The van der Waals surface area contributed by atoms with Gasteiger partial charge in [0.05, 0.1) is 12.8 Å². The SMILES string of the molecule is COc1ccc(NCCc2cnc(Cl)nc2Cl)c(F)c1. The van der Waals surface area contributed by atoms with Gasteiger partial charge in [-0.2, -0.15) is 0 Å². The third-order valence-corrected chi connectivity index (χ3v) is 3.18. The largest absolute Gasteiger partial charge is 0.497 e. The van der Waals surface area contributed by atoms with Gasteiger partial charge in [-0.3, -0.25) is 0 Å². The minimum Gasteiger partial charge on any atom is -0.497 e. The summed E-state index contributed by atoms with van der Waals surface area (Å²) in [5.41, 5.74) is 1.15. The maximum atomic E-state index is 13.7. The quantitative estimate of drug-likeness (QED) is 0.676. The fraction of sp³-hybridized carbons (Fsp3) is 0.231.